The second kappa shape index (κ2) is 14.2. The second-order valence-corrected chi connectivity index (χ2v) is 14.0. The highest BCUT2D eigenvalue weighted by atomic mass is 16.5. The Hall–Kier alpha value is -5.15. The number of benzene rings is 3. The van der Waals surface area contributed by atoms with Crippen LogP contribution in [0.4, 0.5) is 0 Å². The van der Waals surface area contributed by atoms with Crippen LogP contribution in [0.1, 0.15) is 61.1 Å². The minimum absolute atomic E-state index is 0.0368. The molecule has 9 nitrogen and oxygen atoms in total. The first-order valence-electron chi connectivity index (χ1n) is 17.8. The van der Waals surface area contributed by atoms with Crippen molar-refractivity contribution >= 4 is 34.9 Å². The molecule has 0 aromatic heterocycles. The molecule has 1 heterocycles. The third kappa shape index (κ3) is 5.93. The van der Waals surface area contributed by atoms with E-state index in [0.29, 0.717) is 42.6 Å². The Balaban J connectivity index is 1.35. The van der Waals surface area contributed by atoms with E-state index in [2.05, 4.69) is 0 Å². The number of imide groups is 1. The van der Waals surface area contributed by atoms with Gasteiger partial charge in [-0.2, -0.15) is 0 Å². The Labute approximate surface area is 296 Å². The average molecular weight is 688 g/mol. The van der Waals surface area contributed by atoms with E-state index in [1.807, 2.05) is 78.9 Å². The number of rotatable bonds is 12. The first-order chi connectivity index (χ1) is 24.8. The normalized spacial score (nSPS) is 26.9. The number of nitrogens with zero attached hydrogens (tertiary/aromatic N) is 1. The van der Waals surface area contributed by atoms with Gasteiger partial charge in [0.15, 0.2) is 11.6 Å². The number of aliphatic hydroxyl groups is 1. The smallest absolute Gasteiger partial charge is 0.303 e. The van der Waals surface area contributed by atoms with Crippen LogP contribution in [0.25, 0.3) is 5.57 Å². The lowest BCUT2D eigenvalue weighted by Gasteiger charge is -2.55. The third-order valence-electron chi connectivity index (χ3n) is 11.3. The van der Waals surface area contributed by atoms with Gasteiger partial charge in [-0.05, 0) is 66.5 Å². The fourth-order valence-corrected chi connectivity index (χ4v) is 9.18. The number of fused-ring (bicyclic) bond motifs is 4. The monoisotopic (exact) mass is 687 g/mol. The summed E-state index contributed by atoms with van der Waals surface area (Å²) in [5.74, 6) is -4.28. The zero-order valence-corrected chi connectivity index (χ0v) is 28.3. The summed E-state index contributed by atoms with van der Waals surface area (Å²) in [6.45, 7) is 0.210. The number of hydrogen-bond acceptors (Lipinski definition) is 7. The number of carbonyl (C=O) groups excluding carboxylic acids is 4. The molecule has 3 aliphatic carbocycles. The number of ketones is 2. The van der Waals surface area contributed by atoms with Gasteiger partial charge in [0.25, 0.3) is 0 Å². The molecular formula is C42H41NO8. The number of hydrogen-bond donors (Lipinski definition) is 2. The topological polar surface area (TPSA) is 138 Å². The van der Waals surface area contributed by atoms with Gasteiger partial charge in [0.05, 0.1) is 23.9 Å². The lowest BCUT2D eigenvalue weighted by Crippen LogP contribution is -2.58. The number of likely N-dealkylation sites (tertiary alicyclic amines) is 1. The van der Waals surface area contributed by atoms with Gasteiger partial charge in [0.2, 0.25) is 11.8 Å². The summed E-state index contributed by atoms with van der Waals surface area (Å²) in [5.41, 5.74) is 2.10. The van der Waals surface area contributed by atoms with Crippen molar-refractivity contribution in [3.63, 3.8) is 0 Å². The number of carboxylic acids is 1. The molecule has 3 aromatic rings. The van der Waals surface area contributed by atoms with Crippen LogP contribution in [-0.2, 0) is 29.4 Å². The Morgan fingerprint density at radius 1 is 0.843 bits per heavy atom. The highest BCUT2D eigenvalue weighted by Gasteiger charge is 2.65. The summed E-state index contributed by atoms with van der Waals surface area (Å²) in [7, 11) is 0. The fourth-order valence-electron chi connectivity index (χ4n) is 9.18. The lowest BCUT2D eigenvalue weighted by molar-refractivity contribution is -0.141. The SMILES string of the molecule is O=C(O)CCCCCN1C(=O)[C@H]2[C@H](CC=C3[C@H]2C[C@H]2C(=O)C(c4ccccc4)=CC(=O)[C@@]2(c2ccccc2)[C@H]3c2ccc(OCCO)cc2)C1=O. The van der Waals surface area contributed by atoms with Crippen molar-refractivity contribution in [3.8, 4) is 5.75 Å². The van der Waals surface area contributed by atoms with Gasteiger partial charge in [0, 0.05) is 30.4 Å². The molecule has 0 unspecified atom stereocenters. The molecule has 7 rings (SSSR count). The van der Waals surface area contributed by atoms with Crippen molar-refractivity contribution in [2.75, 3.05) is 19.8 Å². The van der Waals surface area contributed by atoms with Gasteiger partial charge in [-0.25, -0.2) is 0 Å². The van der Waals surface area contributed by atoms with E-state index in [9.17, 15) is 24.3 Å². The van der Waals surface area contributed by atoms with Gasteiger partial charge < -0.3 is 14.9 Å². The van der Waals surface area contributed by atoms with E-state index >= 15 is 4.79 Å². The average Bonchev–Trinajstić information content (AvgIpc) is 3.40. The van der Waals surface area contributed by atoms with Crippen molar-refractivity contribution in [3.05, 3.63) is 119 Å². The van der Waals surface area contributed by atoms with Gasteiger partial charge in [-0.3, -0.25) is 28.9 Å². The number of amides is 2. The van der Waals surface area contributed by atoms with Crippen molar-refractivity contribution in [2.45, 2.75) is 49.9 Å². The molecule has 9 heteroatoms. The quantitative estimate of drug-likeness (QED) is 0.144. The summed E-state index contributed by atoms with van der Waals surface area (Å²) < 4.78 is 5.66. The van der Waals surface area contributed by atoms with E-state index in [1.54, 1.807) is 12.1 Å². The molecular weight excluding hydrogens is 646 g/mol. The number of aliphatic hydroxyl groups excluding tert-OH is 1. The van der Waals surface area contributed by atoms with Crippen LogP contribution in [0.15, 0.2) is 103 Å². The van der Waals surface area contributed by atoms with Crippen LogP contribution in [0.2, 0.25) is 0 Å². The van der Waals surface area contributed by atoms with E-state index in [0.717, 1.165) is 16.7 Å². The predicted molar refractivity (Wildman–Crippen MR) is 188 cm³/mol. The number of carbonyl (C=O) groups is 5. The lowest BCUT2D eigenvalue weighted by atomic mass is 9.44. The molecule has 6 atom stereocenters. The Bertz CT molecular complexity index is 1900. The number of allylic oxidation sites excluding steroid dienone is 4. The first kappa shape index (κ1) is 34.3. The van der Waals surface area contributed by atoms with Crippen LogP contribution in [0.5, 0.6) is 5.75 Å². The highest BCUT2D eigenvalue weighted by Crippen LogP contribution is 2.63. The van der Waals surface area contributed by atoms with Crippen molar-refractivity contribution < 1.29 is 38.9 Å². The van der Waals surface area contributed by atoms with Gasteiger partial charge in [-0.15, -0.1) is 0 Å². The molecule has 262 valence electrons. The molecule has 0 bridgehead atoms. The molecule has 4 aliphatic rings. The van der Waals surface area contributed by atoms with Gasteiger partial charge >= 0.3 is 5.97 Å². The Kier molecular flexibility index (Phi) is 9.57. The van der Waals surface area contributed by atoms with Crippen LogP contribution in [-0.4, -0.2) is 64.2 Å². The molecule has 0 spiro atoms. The summed E-state index contributed by atoms with van der Waals surface area (Å²) in [4.78, 5) is 70.5. The number of carboxylic acid groups (broad SMARTS) is 1. The van der Waals surface area contributed by atoms with Crippen molar-refractivity contribution in [2.24, 2.45) is 23.7 Å². The molecule has 3 aromatic carbocycles. The summed E-state index contributed by atoms with van der Waals surface area (Å²) in [6, 6.07) is 26.0. The first-order valence-corrected chi connectivity index (χ1v) is 17.8. The van der Waals surface area contributed by atoms with Crippen molar-refractivity contribution in [1.82, 2.24) is 4.90 Å². The molecule has 0 radical (unpaired) electrons. The third-order valence-corrected chi connectivity index (χ3v) is 11.3. The molecule has 1 saturated heterocycles. The maximum atomic E-state index is 15.1. The standard InChI is InChI=1S/C42H41NO8/c44-22-23-51-29-17-15-27(16-18-29)38-30-19-20-31-37(41(50)43(40(31)49)21-9-3-8-14-36(46)47)33(30)24-34-39(48)32(26-10-4-1-5-11-26)25-35(45)42(34,38)28-12-6-2-7-13-28/h1-2,4-7,10-13,15-19,25,31,33-34,37-38,44H,3,8-9,14,20-24H2,(H,46,47)/t31-,33+,34-,37-,38-,42-/m0/s1. The minimum Gasteiger partial charge on any atom is -0.491 e. The van der Waals surface area contributed by atoms with E-state index < -0.39 is 41.0 Å². The summed E-state index contributed by atoms with van der Waals surface area (Å²) in [5, 5.41) is 18.3. The number of ether oxygens (including phenoxy) is 1. The van der Waals surface area contributed by atoms with E-state index in [4.69, 9.17) is 9.84 Å². The number of aliphatic carboxylic acids is 1. The number of Topliss-reactive ketones (excluding diaryl/α,β-unsaturated/α-hetero) is 1. The highest BCUT2D eigenvalue weighted by molar-refractivity contribution is 6.31. The van der Waals surface area contributed by atoms with Crippen LogP contribution in [0.3, 0.4) is 0 Å². The van der Waals surface area contributed by atoms with E-state index in [1.165, 1.54) is 11.0 Å². The molecule has 1 saturated carbocycles. The second-order valence-electron chi connectivity index (χ2n) is 14.0. The van der Waals surface area contributed by atoms with E-state index in [-0.39, 0.29) is 56.0 Å². The van der Waals surface area contributed by atoms with Gasteiger partial charge in [0.1, 0.15) is 12.4 Å². The Morgan fingerprint density at radius 3 is 2.24 bits per heavy atom. The fraction of sp³-hybridized carbons (Fsp3) is 0.357. The van der Waals surface area contributed by atoms with Gasteiger partial charge in [-0.1, -0.05) is 90.9 Å². The molecule has 2 amide bonds. The van der Waals surface area contributed by atoms with Crippen LogP contribution < -0.4 is 4.74 Å². The largest absolute Gasteiger partial charge is 0.491 e. The molecule has 1 aliphatic heterocycles. The summed E-state index contributed by atoms with van der Waals surface area (Å²) >= 11 is 0. The zero-order valence-electron chi connectivity index (χ0n) is 28.3. The maximum Gasteiger partial charge on any atom is 0.303 e. The van der Waals surface area contributed by atoms with Crippen molar-refractivity contribution in [1.29, 1.82) is 0 Å². The van der Waals surface area contributed by atoms with Crippen LogP contribution in [0, 0.1) is 23.7 Å². The molecule has 51 heavy (non-hydrogen) atoms. The maximum absolute atomic E-state index is 15.1. The Morgan fingerprint density at radius 2 is 1.55 bits per heavy atom. The summed E-state index contributed by atoms with van der Waals surface area (Å²) in [6.07, 6.45) is 5.73. The molecule has 2 fully saturated rings. The zero-order chi connectivity index (χ0) is 35.7. The molecule has 2 N–H and O–H groups in total. The van der Waals surface area contributed by atoms with Crippen LogP contribution >= 0.6 is 0 Å². The minimum atomic E-state index is -1.31. The number of unbranched alkanes of at least 4 members (excludes halogenated alkanes) is 2. The predicted octanol–water partition coefficient (Wildman–Crippen LogP) is 5.53.